The van der Waals surface area contributed by atoms with E-state index in [1.807, 2.05) is 60.7 Å². The van der Waals surface area contributed by atoms with Crippen LogP contribution < -0.4 is 19.6 Å². The highest BCUT2D eigenvalue weighted by Crippen LogP contribution is 2.40. The molecule has 5 aromatic rings. The van der Waals surface area contributed by atoms with E-state index in [4.69, 9.17) is 18.6 Å². The number of fused-ring (bicyclic) bond motifs is 1. The van der Waals surface area contributed by atoms with E-state index in [-0.39, 0.29) is 41.7 Å². The first-order valence-electron chi connectivity index (χ1n) is 12.1. The van der Waals surface area contributed by atoms with Gasteiger partial charge in [-0.05, 0) is 41.5 Å². The van der Waals surface area contributed by atoms with Crippen molar-refractivity contribution in [2.45, 2.75) is 13.2 Å². The monoisotopic (exact) mass is 544 g/mol. The summed E-state index contributed by atoms with van der Waals surface area (Å²) in [6.45, 7) is 0.347. The van der Waals surface area contributed by atoms with Crippen molar-refractivity contribution in [3.05, 3.63) is 124 Å². The van der Waals surface area contributed by atoms with Gasteiger partial charge in [0.1, 0.15) is 18.8 Å². The first kappa shape index (κ1) is 26.3. The number of ether oxygens (including phenoxy) is 3. The van der Waals surface area contributed by atoms with Gasteiger partial charge in [-0.2, -0.15) is 0 Å². The van der Waals surface area contributed by atoms with Gasteiger partial charge in [-0.15, -0.1) is 0 Å². The SMILES string of the molecule is O=c1c(OCc2ccccc2)c(-c2ccc(OCc3ccccc3)c(OCP(=O)(O)O)c2)oc2ccccc12. The van der Waals surface area contributed by atoms with Gasteiger partial charge in [0.15, 0.2) is 23.6 Å². The highest BCUT2D eigenvalue weighted by atomic mass is 31.2. The molecule has 5 rings (SSSR count). The second-order valence-corrected chi connectivity index (χ2v) is 10.3. The minimum atomic E-state index is -4.49. The average molecular weight is 544 g/mol. The normalized spacial score (nSPS) is 11.3. The summed E-state index contributed by atoms with van der Waals surface area (Å²) in [6.07, 6.45) is -0.850. The van der Waals surface area contributed by atoms with Crippen molar-refractivity contribution in [3.63, 3.8) is 0 Å². The van der Waals surface area contributed by atoms with Crippen molar-refractivity contribution in [1.29, 1.82) is 0 Å². The van der Waals surface area contributed by atoms with Crippen molar-refractivity contribution >= 4 is 18.6 Å². The zero-order valence-electron chi connectivity index (χ0n) is 20.7. The number of hydrogen-bond acceptors (Lipinski definition) is 6. The first-order valence-corrected chi connectivity index (χ1v) is 13.9. The van der Waals surface area contributed by atoms with Crippen LogP contribution in [0, 0.1) is 0 Å². The standard InChI is InChI=1S/C30H25O8P/c31-28-24-13-7-8-14-25(24)38-29(30(28)36-19-22-11-5-2-6-12-22)23-15-16-26(27(17-23)37-20-39(32,33)34)35-18-21-9-3-1-4-10-21/h1-17H,18-20H2,(H2,32,33,34). The lowest BCUT2D eigenvalue weighted by Gasteiger charge is -2.16. The lowest BCUT2D eigenvalue weighted by molar-refractivity contribution is 0.264. The van der Waals surface area contributed by atoms with Crippen LogP contribution in [0.1, 0.15) is 11.1 Å². The smallest absolute Gasteiger partial charge is 0.362 e. The van der Waals surface area contributed by atoms with Crippen LogP contribution in [0.4, 0.5) is 0 Å². The molecule has 0 unspecified atom stereocenters. The predicted molar refractivity (Wildman–Crippen MR) is 147 cm³/mol. The van der Waals surface area contributed by atoms with Crippen LogP contribution >= 0.6 is 7.60 Å². The van der Waals surface area contributed by atoms with E-state index in [0.29, 0.717) is 16.5 Å². The summed E-state index contributed by atoms with van der Waals surface area (Å²) >= 11 is 0. The predicted octanol–water partition coefficient (Wildman–Crippen LogP) is 6.13. The molecule has 1 heterocycles. The van der Waals surface area contributed by atoms with Gasteiger partial charge in [-0.1, -0.05) is 72.8 Å². The Kier molecular flexibility index (Phi) is 7.79. The van der Waals surface area contributed by atoms with Crippen LogP contribution in [0.25, 0.3) is 22.3 Å². The summed E-state index contributed by atoms with van der Waals surface area (Å²) in [5.74, 6) is 0.518. The van der Waals surface area contributed by atoms with Gasteiger partial charge >= 0.3 is 7.60 Å². The maximum atomic E-state index is 13.5. The van der Waals surface area contributed by atoms with E-state index < -0.39 is 13.9 Å². The van der Waals surface area contributed by atoms with Crippen LogP contribution in [0.5, 0.6) is 17.2 Å². The fourth-order valence-electron chi connectivity index (χ4n) is 3.95. The van der Waals surface area contributed by atoms with Gasteiger partial charge in [0.05, 0.1) is 5.39 Å². The van der Waals surface area contributed by atoms with Crippen molar-refractivity contribution < 1.29 is 33.0 Å². The van der Waals surface area contributed by atoms with Gasteiger partial charge in [0, 0.05) is 5.56 Å². The fourth-order valence-corrected chi connectivity index (χ4v) is 4.25. The molecule has 4 aromatic carbocycles. The van der Waals surface area contributed by atoms with Crippen molar-refractivity contribution in [1.82, 2.24) is 0 Å². The lowest BCUT2D eigenvalue weighted by Crippen LogP contribution is -2.10. The Morgan fingerprint density at radius 2 is 1.31 bits per heavy atom. The third-order valence-corrected chi connectivity index (χ3v) is 6.28. The summed E-state index contributed by atoms with van der Waals surface area (Å²) in [7, 11) is -4.49. The number of benzene rings is 4. The summed E-state index contributed by atoms with van der Waals surface area (Å²) in [6, 6.07) is 30.5. The maximum Gasteiger partial charge on any atom is 0.362 e. The average Bonchev–Trinajstić information content (AvgIpc) is 2.95. The molecule has 0 bridgehead atoms. The van der Waals surface area contributed by atoms with Gasteiger partial charge in [-0.3, -0.25) is 9.36 Å². The van der Waals surface area contributed by atoms with E-state index in [2.05, 4.69) is 0 Å². The van der Waals surface area contributed by atoms with Crippen LogP contribution in [0.15, 0.2) is 112 Å². The zero-order valence-corrected chi connectivity index (χ0v) is 21.6. The van der Waals surface area contributed by atoms with Crippen molar-refractivity contribution in [2.75, 3.05) is 6.35 Å². The Bertz CT molecular complexity index is 1680. The molecule has 0 amide bonds. The summed E-state index contributed by atoms with van der Waals surface area (Å²) in [4.78, 5) is 32.3. The quantitative estimate of drug-likeness (QED) is 0.202. The largest absolute Gasteiger partial charge is 0.485 e. The van der Waals surface area contributed by atoms with Crippen LogP contribution in [-0.4, -0.2) is 16.1 Å². The third kappa shape index (κ3) is 6.56. The Labute approximate surface area is 224 Å². The summed E-state index contributed by atoms with van der Waals surface area (Å²) in [5, 5.41) is 0.366. The Morgan fingerprint density at radius 1 is 0.692 bits per heavy atom. The number of rotatable bonds is 10. The van der Waals surface area contributed by atoms with Crippen molar-refractivity contribution in [3.8, 4) is 28.6 Å². The second kappa shape index (κ2) is 11.6. The third-order valence-electron chi connectivity index (χ3n) is 5.81. The molecule has 39 heavy (non-hydrogen) atoms. The number of para-hydroxylation sites is 1. The van der Waals surface area contributed by atoms with Gasteiger partial charge in [0.2, 0.25) is 11.2 Å². The fraction of sp³-hybridized carbons (Fsp3) is 0.100. The van der Waals surface area contributed by atoms with E-state index in [9.17, 15) is 19.1 Å². The minimum Gasteiger partial charge on any atom is -0.485 e. The molecule has 0 fully saturated rings. The molecule has 0 aliphatic heterocycles. The zero-order chi connectivity index (χ0) is 27.2. The molecule has 0 saturated carbocycles. The van der Waals surface area contributed by atoms with E-state index >= 15 is 0 Å². The highest BCUT2D eigenvalue weighted by molar-refractivity contribution is 7.51. The molecule has 0 atom stereocenters. The summed E-state index contributed by atoms with van der Waals surface area (Å²) < 4.78 is 35.1. The molecule has 9 heteroatoms. The van der Waals surface area contributed by atoms with Gasteiger partial charge in [-0.25, -0.2) is 0 Å². The number of hydrogen-bond donors (Lipinski definition) is 2. The Balaban J connectivity index is 1.56. The molecular formula is C30H25O8P. The highest BCUT2D eigenvalue weighted by Gasteiger charge is 2.21. The molecule has 0 radical (unpaired) electrons. The lowest BCUT2D eigenvalue weighted by atomic mass is 10.1. The molecule has 0 saturated heterocycles. The van der Waals surface area contributed by atoms with Gasteiger partial charge in [0.25, 0.3) is 0 Å². The Morgan fingerprint density at radius 3 is 1.97 bits per heavy atom. The first-order chi connectivity index (χ1) is 18.9. The van der Waals surface area contributed by atoms with E-state index in [1.165, 1.54) is 6.07 Å². The molecule has 0 spiro atoms. The molecule has 8 nitrogen and oxygen atoms in total. The second-order valence-electron chi connectivity index (χ2n) is 8.73. The molecule has 2 N–H and O–H groups in total. The van der Waals surface area contributed by atoms with Crippen LogP contribution in [0.2, 0.25) is 0 Å². The maximum absolute atomic E-state index is 13.5. The molecule has 0 aliphatic carbocycles. The Hall–Kier alpha value is -4.36. The minimum absolute atomic E-state index is 0.0106. The van der Waals surface area contributed by atoms with Crippen LogP contribution in [0.3, 0.4) is 0 Å². The van der Waals surface area contributed by atoms with E-state index in [0.717, 1.165) is 11.1 Å². The topological polar surface area (TPSA) is 115 Å². The summed E-state index contributed by atoms with van der Waals surface area (Å²) in [5.41, 5.74) is 2.20. The molecule has 1 aromatic heterocycles. The molecule has 198 valence electrons. The molecule has 0 aliphatic rings. The van der Waals surface area contributed by atoms with Crippen LogP contribution in [-0.2, 0) is 17.8 Å². The van der Waals surface area contributed by atoms with E-state index in [1.54, 1.807) is 36.4 Å². The molecular weight excluding hydrogens is 519 g/mol. The van der Waals surface area contributed by atoms with Gasteiger partial charge < -0.3 is 28.4 Å². The van der Waals surface area contributed by atoms with Crippen molar-refractivity contribution in [2.24, 2.45) is 0 Å².